The Balaban J connectivity index is 1.87. The monoisotopic (exact) mass is 384 g/mol. The minimum absolute atomic E-state index is 0.0710. The number of anilines is 1. The number of hydrogen-bond donors (Lipinski definition) is 0. The summed E-state index contributed by atoms with van der Waals surface area (Å²) >= 11 is 0. The molecule has 3 rings (SSSR count). The van der Waals surface area contributed by atoms with Gasteiger partial charge in [-0.05, 0) is 25.0 Å². The summed E-state index contributed by atoms with van der Waals surface area (Å²) < 4.78 is 11.0. The molecule has 0 bridgehead atoms. The number of non-ortho nitro benzene ring substituents is 1. The molecular weight excluding hydrogens is 364 g/mol. The van der Waals surface area contributed by atoms with Crippen LogP contribution in [0.4, 0.5) is 11.4 Å². The number of carbonyl (C=O) groups is 2. The SMILES string of the molecule is CCC1Oc2ccc([N+](=O)[O-])cc2N(C(C)C(=O)OCc2ccccc2)C1=O. The standard InChI is InChI=1S/C20H20N2O6/c1-3-17-19(23)21(16-11-15(22(25)26)9-10-18(16)28-17)13(2)20(24)27-12-14-7-5-4-6-8-14/h4-11,13,17H,3,12H2,1-2H3. The zero-order chi connectivity index (χ0) is 20.3. The second kappa shape index (κ2) is 8.08. The number of nitrogens with zero attached hydrogens (tertiary/aromatic N) is 2. The summed E-state index contributed by atoms with van der Waals surface area (Å²) in [5.41, 5.74) is 0.812. The molecule has 0 saturated heterocycles. The molecule has 0 radical (unpaired) electrons. The molecule has 2 unspecified atom stereocenters. The Morgan fingerprint density at radius 3 is 2.64 bits per heavy atom. The molecule has 0 N–H and O–H groups in total. The number of rotatable bonds is 6. The van der Waals surface area contributed by atoms with Gasteiger partial charge < -0.3 is 9.47 Å². The van der Waals surface area contributed by atoms with Gasteiger partial charge in [-0.15, -0.1) is 0 Å². The molecule has 8 heteroatoms. The lowest BCUT2D eigenvalue weighted by Gasteiger charge is -2.36. The molecular formula is C20H20N2O6. The van der Waals surface area contributed by atoms with Gasteiger partial charge in [-0.1, -0.05) is 37.3 Å². The summed E-state index contributed by atoms with van der Waals surface area (Å²) in [5.74, 6) is -0.717. The fourth-order valence-electron chi connectivity index (χ4n) is 3.00. The largest absolute Gasteiger partial charge is 0.478 e. The average Bonchev–Trinajstić information content (AvgIpc) is 2.71. The van der Waals surface area contributed by atoms with Crippen LogP contribution in [0, 0.1) is 10.1 Å². The Labute approximate surface area is 161 Å². The smallest absolute Gasteiger partial charge is 0.329 e. The number of esters is 1. The highest BCUT2D eigenvalue weighted by Gasteiger charge is 2.39. The van der Waals surface area contributed by atoms with E-state index in [9.17, 15) is 19.7 Å². The zero-order valence-electron chi connectivity index (χ0n) is 15.5. The third kappa shape index (κ3) is 3.80. The van der Waals surface area contributed by atoms with E-state index in [4.69, 9.17) is 9.47 Å². The summed E-state index contributed by atoms with van der Waals surface area (Å²) in [6.07, 6.45) is -0.365. The van der Waals surface area contributed by atoms with Gasteiger partial charge in [-0.25, -0.2) is 4.79 Å². The molecule has 0 saturated carbocycles. The van der Waals surface area contributed by atoms with Crippen molar-refractivity contribution in [3.05, 3.63) is 64.2 Å². The van der Waals surface area contributed by atoms with Gasteiger partial charge in [-0.2, -0.15) is 0 Å². The first-order chi connectivity index (χ1) is 13.4. The molecule has 1 heterocycles. The summed E-state index contributed by atoms with van der Waals surface area (Å²) in [6.45, 7) is 3.39. The normalized spacial score (nSPS) is 16.7. The Morgan fingerprint density at radius 2 is 2.00 bits per heavy atom. The summed E-state index contributed by atoms with van der Waals surface area (Å²) in [5, 5.41) is 11.1. The number of fused-ring (bicyclic) bond motifs is 1. The van der Waals surface area contributed by atoms with Crippen LogP contribution >= 0.6 is 0 Å². The molecule has 8 nitrogen and oxygen atoms in total. The van der Waals surface area contributed by atoms with E-state index in [2.05, 4.69) is 0 Å². The maximum atomic E-state index is 12.8. The second-order valence-corrected chi connectivity index (χ2v) is 6.40. The predicted octanol–water partition coefficient (Wildman–Crippen LogP) is 3.23. The minimum atomic E-state index is -0.963. The van der Waals surface area contributed by atoms with Crippen molar-refractivity contribution in [3.8, 4) is 5.75 Å². The molecule has 1 amide bonds. The molecule has 28 heavy (non-hydrogen) atoms. The van der Waals surface area contributed by atoms with Gasteiger partial charge in [0.25, 0.3) is 11.6 Å². The first-order valence-electron chi connectivity index (χ1n) is 8.91. The lowest BCUT2D eigenvalue weighted by Crippen LogP contribution is -2.52. The van der Waals surface area contributed by atoms with Crippen molar-refractivity contribution in [2.24, 2.45) is 0 Å². The van der Waals surface area contributed by atoms with Gasteiger partial charge >= 0.3 is 5.97 Å². The van der Waals surface area contributed by atoms with Crippen LogP contribution in [0.5, 0.6) is 5.75 Å². The lowest BCUT2D eigenvalue weighted by atomic mass is 10.1. The molecule has 0 aromatic heterocycles. The van der Waals surface area contributed by atoms with Gasteiger partial charge in [0.05, 0.1) is 10.6 Å². The van der Waals surface area contributed by atoms with Crippen molar-refractivity contribution in [1.82, 2.24) is 0 Å². The first-order valence-corrected chi connectivity index (χ1v) is 8.91. The Morgan fingerprint density at radius 1 is 1.29 bits per heavy atom. The van der Waals surface area contributed by atoms with Crippen molar-refractivity contribution in [2.45, 2.75) is 39.0 Å². The summed E-state index contributed by atoms with van der Waals surface area (Å²) in [4.78, 5) is 37.2. The van der Waals surface area contributed by atoms with Crippen LogP contribution in [0.15, 0.2) is 48.5 Å². The maximum Gasteiger partial charge on any atom is 0.329 e. The summed E-state index contributed by atoms with van der Waals surface area (Å²) in [6, 6.07) is 12.2. The molecule has 0 fully saturated rings. The highest BCUT2D eigenvalue weighted by Crippen LogP contribution is 2.38. The second-order valence-electron chi connectivity index (χ2n) is 6.40. The predicted molar refractivity (Wildman–Crippen MR) is 101 cm³/mol. The van der Waals surface area contributed by atoms with E-state index in [0.717, 1.165) is 5.56 Å². The highest BCUT2D eigenvalue weighted by molar-refractivity contribution is 6.04. The van der Waals surface area contributed by atoms with E-state index in [0.29, 0.717) is 12.2 Å². The van der Waals surface area contributed by atoms with Crippen molar-refractivity contribution < 1.29 is 24.0 Å². The van der Waals surface area contributed by atoms with Crippen LogP contribution in [0.25, 0.3) is 0 Å². The molecule has 2 aromatic carbocycles. The van der Waals surface area contributed by atoms with E-state index in [1.54, 1.807) is 6.92 Å². The van der Waals surface area contributed by atoms with Crippen molar-refractivity contribution in [2.75, 3.05) is 4.90 Å². The zero-order valence-corrected chi connectivity index (χ0v) is 15.5. The number of nitro benzene ring substituents is 1. The molecule has 2 aromatic rings. The van der Waals surface area contributed by atoms with Crippen LogP contribution in [0.3, 0.4) is 0 Å². The quantitative estimate of drug-likeness (QED) is 0.431. The molecule has 2 atom stereocenters. The van der Waals surface area contributed by atoms with Gasteiger partial charge in [0.1, 0.15) is 18.4 Å². The summed E-state index contributed by atoms with van der Waals surface area (Å²) in [7, 11) is 0. The van der Waals surface area contributed by atoms with Gasteiger partial charge in [0.15, 0.2) is 6.10 Å². The fourth-order valence-corrected chi connectivity index (χ4v) is 3.00. The third-order valence-corrected chi connectivity index (χ3v) is 4.52. The van der Waals surface area contributed by atoms with Crippen LogP contribution in [-0.4, -0.2) is 28.9 Å². The van der Waals surface area contributed by atoms with Crippen molar-refractivity contribution in [3.63, 3.8) is 0 Å². The molecule has 0 spiro atoms. The van der Waals surface area contributed by atoms with E-state index in [1.807, 2.05) is 30.3 Å². The molecule has 1 aliphatic rings. The van der Waals surface area contributed by atoms with Crippen LogP contribution < -0.4 is 9.64 Å². The van der Waals surface area contributed by atoms with E-state index in [1.165, 1.54) is 30.0 Å². The minimum Gasteiger partial charge on any atom is -0.478 e. The van der Waals surface area contributed by atoms with E-state index in [-0.39, 0.29) is 18.0 Å². The Kier molecular flexibility index (Phi) is 5.58. The lowest BCUT2D eigenvalue weighted by molar-refractivity contribution is -0.384. The van der Waals surface area contributed by atoms with Gasteiger partial charge in [0.2, 0.25) is 0 Å². The first kappa shape index (κ1) is 19.3. The number of benzene rings is 2. The van der Waals surface area contributed by atoms with E-state index >= 15 is 0 Å². The van der Waals surface area contributed by atoms with Crippen LogP contribution in [0.2, 0.25) is 0 Å². The average molecular weight is 384 g/mol. The number of carbonyl (C=O) groups excluding carboxylic acids is 2. The number of amides is 1. The molecule has 0 aliphatic carbocycles. The number of ether oxygens (including phenoxy) is 2. The van der Waals surface area contributed by atoms with Crippen LogP contribution in [0.1, 0.15) is 25.8 Å². The topological polar surface area (TPSA) is 99.0 Å². The van der Waals surface area contributed by atoms with Crippen molar-refractivity contribution in [1.29, 1.82) is 0 Å². The number of nitro groups is 1. The highest BCUT2D eigenvalue weighted by atomic mass is 16.6. The third-order valence-electron chi connectivity index (χ3n) is 4.52. The Bertz CT molecular complexity index is 899. The van der Waals surface area contributed by atoms with E-state index < -0.39 is 28.9 Å². The fraction of sp³-hybridized carbons (Fsp3) is 0.300. The Hall–Kier alpha value is -3.42. The maximum absolute atomic E-state index is 12.8. The number of hydrogen-bond acceptors (Lipinski definition) is 6. The van der Waals surface area contributed by atoms with Crippen LogP contribution in [-0.2, 0) is 20.9 Å². The van der Waals surface area contributed by atoms with Gasteiger partial charge in [-0.3, -0.25) is 19.8 Å². The van der Waals surface area contributed by atoms with Gasteiger partial charge in [0, 0.05) is 12.1 Å². The molecule has 146 valence electrons. The van der Waals surface area contributed by atoms with Crippen molar-refractivity contribution >= 4 is 23.3 Å². The molecule has 1 aliphatic heterocycles.